The predicted molar refractivity (Wildman–Crippen MR) is 83.3 cm³/mol. The maximum Gasteiger partial charge on any atom is 0.179 e. The van der Waals surface area contributed by atoms with Crippen molar-refractivity contribution in [3.8, 4) is 0 Å². The Bertz CT molecular complexity index is 802. The van der Waals surface area contributed by atoms with Gasteiger partial charge < -0.3 is 4.98 Å². The van der Waals surface area contributed by atoms with Gasteiger partial charge in [-0.2, -0.15) is 0 Å². The number of thiazole rings is 1. The summed E-state index contributed by atoms with van der Waals surface area (Å²) in [6, 6.07) is 2.06. The third-order valence-electron chi connectivity index (χ3n) is 2.91. The van der Waals surface area contributed by atoms with Crippen LogP contribution < -0.4 is 0 Å². The van der Waals surface area contributed by atoms with Gasteiger partial charge in [-0.15, -0.1) is 11.3 Å². The Morgan fingerprint density at radius 3 is 2.89 bits per heavy atom. The molecule has 3 aromatic heterocycles. The SMILES string of the molecule is Cc1cnc(C(C)n2c(=S)[nH]c3cc(Br)cnc32)s1. The van der Waals surface area contributed by atoms with Crippen molar-refractivity contribution in [1.29, 1.82) is 0 Å². The molecule has 1 atom stereocenters. The first-order valence-corrected chi connectivity index (χ1v) is 7.76. The van der Waals surface area contributed by atoms with Gasteiger partial charge in [-0.3, -0.25) is 4.57 Å². The molecule has 0 bridgehead atoms. The van der Waals surface area contributed by atoms with Crippen LogP contribution in [0.5, 0.6) is 0 Å². The van der Waals surface area contributed by atoms with E-state index in [0.717, 1.165) is 20.6 Å². The van der Waals surface area contributed by atoms with Crippen molar-refractivity contribution in [2.24, 2.45) is 0 Å². The Kier molecular flexibility index (Phi) is 3.28. The highest BCUT2D eigenvalue weighted by Gasteiger charge is 2.16. The van der Waals surface area contributed by atoms with Crippen molar-refractivity contribution in [2.75, 3.05) is 0 Å². The molecule has 98 valence electrons. The van der Waals surface area contributed by atoms with Crippen molar-refractivity contribution < 1.29 is 0 Å². The fourth-order valence-corrected chi connectivity index (χ4v) is 3.53. The summed E-state index contributed by atoms with van der Waals surface area (Å²) in [5.41, 5.74) is 1.79. The van der Waals surface area contributed by atoms with Crippen molar-refractivity contribution >= 4 is 50.6 Å². The minimum atomic E-state index is 0.0774. The van der Waals surface area contributed by atoms with E-state index >= 15 is 0 Å². The molecule has 0 aliphatic carbocycles. The summed E-state index contributed by atoms with van der Waals surface area (Å²) in [7, 11) is 0. The highest BCUT2D eigenvalue weighted by molar-refractivity contribution is 9.10. The van der Waals surface area contributed by atoms with Crippen LogP contribution in [0.1, 0.15) is 22.9 Å². The molecule has 19 heavy (non-hydrogen) atoms. The molecule has 0 aromatic carbocycles. The maximum absolute atomic E-state index is 5.41. The molecule has 0 saturated heterocycles. The number of aromatic amines is 1. The van der Waals surface area contributed by atoms with E-state index in [1.807, 2.05) is 16.8 Å². The third kappa shape index (κ3) is 2.26. The van der Waals surface area contributed by atoms with Gasteiger partial charge in [-0.25, -0.2) is 9.97 Å². The summed E-state index contributed by atoms with van der Waals surface area (Å²) in [4.78, 5) is 13.3. The van der Waals surface area contributed by atoms with Crippen molar-refractivity contribution in [1.82, 2.24) is 19.5 Å². The molecule has 0 fully saturated rings. The summed E-state index contributed by atoms with van der Waals surface area (Å²) in [6.07, 6.45) is 3.67. The van der Waals surface area contributed by atoms with E-state index in [4.69, 9.17) is 12.2 Å². The zero-order valence-electron chi connectivity index (χ0n) is 10.3. The first kappa shape index (κ1) is 13.0. The van der Waals surface area contributed by atoms with Crippen LogP contribution in [0.2, 0.25) is 0 Å². The van der Waals surface area contributed by atoms with Crippen LogP contribution in [-0.4, -0.2) is 19.5 Å². The molecule has 4 nitrogen and oxygen atoms in total. The Balaban J connectivity index is 2.19. The maximum atomic E-state index is 5.41. The zero-order valence-corrected chi connectivity index (χ0v) is 13.6. The van der Waals surface area contributed by atoms with Gasteiger partial charge in [-0.05, 0) is 48.1 Å². The monoisotopic (exact) mass is 354 g/mol. The van der Waals surface area contributed by atoms with Crippen LogP contribution in [0.25, 0.3) is 11.2 Å². The fourth-order valence-electron chi connectivity index (χ4n) is 2.02. The van der Waals surface area contributed by atoms with Gasteiger partial charge in [0, 0.05) is 21.7 Å². The number of aromatic nitrogens is 4. The molecular weight excluding hydrogens is 344 g/mol. The second-order valence-electron chi connectivity index (χ2n) is 4.31. The van der Waals surface area contributed by atoms with Crippen LogP contribution in [0.3, 0.4) is 0 Å². The van der Waals surface area contributed by atoms with Crippen molar-refractivity contribution in [3.63, 3.8) is 0 Å². The molecule has 3 rings (SSSR count). The molecule has 3 aromatic rings. The van der Waals surface area contributed by atoms with E-state index in [1.54, 1.807) is 17.5 Å². The second kappa shape index (κ2) is 4.81. The summed E-state index contributed by atoms with van der Waals surface area (Å²) in [5, 5.41) is 1.04. The lowest BCUT2D eigenvalue weighted by Crippen LogP contribution is -2.07. The molecule has 1 N–H and O–H groups in total. The number of aryl methyl sites for hydroxylation is 1. The average Bonchev–Trinajstić information content (AvgIpc) is 2.91. The Labute approximate surface area is 127 Å². The van der Waals surface area contributed by atoms with Gasteiger partial charge in [0.05, 0.1) is 11.6 Å². The van der Waals surface area contributed by atoms with Gasteiger partial charge in [0.1, 0.15) is 5.01 Å². The van der Waals surface area contributed by atoms with Gasteiger partial charge >= 0.3 is 0 Å². The lowest BCUT2D eigenvalue weighted by atomic mass is 10.3. The highest BCUT2D eigenvalue weighted by atomic mass is 79.9. The quantitative estimate of drug-likeness (QED) is 0.700. The van der Waals surface area contributed by atoms with E-state index in [9.17, 15) is 0 Å². The number of pyridine rings is 1. The van der Waals surface area contributed by atoms with Crippen LogP contribution in [0.4, 0.5) is 0 Å². The van der Waals surface area contributed by atoms with E-state index in [1.165, 1.54) is 4.88 Å². The molecule has 0 aliphatic heterocycles. The minimum absolute atomic E-state index is 0.0774. The summed E-state index contributed by atoms with van der Waals surface area (Å²) in [6.45, 7) is 4.14. The number of halogens is 1. The van der Waals surface area contributed by atoms with Crippen molar-refractivity contribution in [3.05, 3.63) is 37.6 Å². The topological polar surface area (TPSA) is 46.5 Å². The number of nitrogens with one attached hydrogen (secondary N) is 1. The first-order chi connectivity index (χ1) is 9.06. The molecule has 0 aliphatic rings. The van der Waals surface area contributed by atoms with Crippen LogP contribution >= 0.6 is 39.5 Å². The van der Waals surface area contributed by atoms with Gasteiger partial charge in [0.25, 0.3) is 0 Å². The number of hydrogen-bond acceptors (Lipinski definition) is 4. The number of rotatable bonds is 2. The van der Waals surface area contributed by atoms with E-state index in [2.05, 4.69) is 44.7 Å². The van der Waals surface area contributed by atoms with Gasteiger partial charge in [0.2, 0.25) is 0 Å². The fraction of sp³-hybridized carbons (Fsp3) is 0.250. The predicted octanol–water partition coefficient (Wildman–Crippen LogP) is 4.23. The molecule has 0 saturated carbocycles. The molecule has 3 heterocycles. The van der Waals surface area contributed by atoms with E-state index < -0.39 is 0 Å². The Hall–Kier alpha value is -1.05. The zero-order chi connectivity index (χ0) is 13.6. The van der Waals surface area contributed by atoms with Crippen molar-refractivity contribution in [2.45, 2.75) is 19.9 Å². The lowest BCUT2D eigenvalue weighted by Gasteiger charge is -2.10. The molecule has 1 unspecified atom stereocenters. The molecule has 0 spiro atoms. The van der Waals surface area contributed by atoms with Crippen LogP contribution in [0.15, 0.2) is 22.9 Å². The van der Waals surface area contributed by atoms with Crippen LogP contribution in [-0.2, 0) is 0 Å². The summed E-state index contributed by atoms with van der Waals surface area (Å²) in [5.74, 6) is 0. The third-order valence-corrected chi connectivity index (χ3v) is 4.72. The first-order valence-electron chi connectivity index (χ1n) is 5.74. The normalized spacial score (nSPS) is 13.0. The summed E-state index contributed by atoms with van der Waals surface area (Å²) >= 11 is 10.5. The highest BCUT2D eigenvalue weighted by Crippen LogP contribution is 2.27. The average molecular weight is 355 g/mol. The van der Waals surface area contributed by atoms with E-state index in [0.29, 0.717) is 4.77 Å². The Morgan fingerprint density at radius 2 is 2.21 bits per heavy atom. The number of hydrogen-bond donors (Lipinski definition) is 1. The number of H-pyrrole nitrogens is 1. The number of fused-ring (bicyclic) bond motifs is 1. The molecule has 0 radical (unpaired) electrons. The minimum Gasteiger partial charge on any atom is -0.329 e. The van der Waals surface area contributed by atoms with Crippen LogP contribution in [0, 0.1) is 11.7 Å². The van der Waals surface area contributed by atoms with Gasteiger partial charge in [-0.1, -0.05) is 0 Å². The molecule has 0 amide bonds. The second-order valence-corrected chi connectivity index (χ2v) is 6.88. The van der Waals surface area contributed by atoms with E-state index in [-0.39, 0.29) is 6.04 Å². The number of nitrogens with zero attached hydrogens (tertiary/aromatic N) is 3. The largest absolute Gasteiger partial charge is 0.329 e. The lowest BCUT2D eigenvalue weighted by molar-refractivity contribution is 0.639. The Morgan fingerprint density at radius 1 is 1.42 bits per heavy atom. The standard InChI is InChI=1S/C12H11BrN4S2/c1-6-4-15-11(19-6)7(2)17-10-9(16-12(17)18)3-8(13)5-14-10/h3-5,7H,1-2H3,(H,16,18). The van der Waals surface area contributed by atoms with Gasteiger partial charge in [0.15, 0.2) is 10.4 Å². The molecule has 7 heteroatoms. The number of imidazole rings is 1. The summed E-state index contributed by atoms with van der Waals surface area (Å²) < 4.78 is 3.61. The molecular formula is C12H11BrN4S2. The smallest absolute Gasteiger partial charge is 0.179 e.